The van der Waals surface area contributed by atoms with E-state index in [2.05, 4.69) is 5.32 Å². The minimum absolute atomic E-state index is 0.0882. The summed E-state index contributed by atoms with van der Waals surface area (Å²) in [6.07, 6.45) is 0.437. The van der Waals surface area contributed by atoms with Gasteiger partial charge in [0.1, 0.15) is 6.04 Å². The number of rotatable bonds is 2. The first-order valence-electron chi connectivity index (χ1n) is 6.59. The van der Waals surface area contributed by atoms with E-state index in [0.29, 0.717) is 16.5 Å². The monoisotopic (exact) mass is 321 g/mol. The van der Waals surface area contributed by atoms with Crippen molar-refractivity contribution < 1.29 is 9.90 Å². The molecule has 2 aromatic carbocycles. The molecule has 0 saturated carbocycles. The number of benzene rings is 2. The second-order valence-corrected chi connectivity index (χ2v) is 5.92. The van der Waals surface area contributed by atoms with Crippen LogP contribution >= 0.6 is 23.2 Å². The Morgan fingerprint density at radius 3 is 2.62 bits per heavy atom. The lowest BCUT2D eigenvalue weighted by atomic mass is 9.82. The van der Waals surface area contributed by atoms with Gasteiger partial charge in [0.2, 0.25) is 0 Å². The van der Waals surface area contributed by atoms with E-state index in [1.807, 2.05) is 36.4 Å². The van der Waals surface area contributed by atoms with Crippen molar-refractivity contribution in [2.24, 2.45) is 0 Å². The van der Waals surface area contributed by atoms with E-state index in [9.17, 15) is 9.90 Å². The van der Waals surface area contributed by atoms with Crippen LogP contribution in [0.5, 0.6) is 0 Å². The van der Waals surface area contributed by atoms with Crippen LogP contribution in [0.3, 0.4) is 0 Å². The quantitative estimate of drug-likeness (QED) is 0.862. The van der Waals surface area contributed by atoms with Crippen molar-refractivity contribution in [3.8, 4) is 0 Å². The summed E-state index contributed by atoms with van der Waals surface area (Å²) in [5.74, 6) is -0.956. The molecule has 0 fully saturated rings. The molecule has 108 valence electrons. The van der Waals surface area contributed by atoms with Gasteiger partial charge >= 0.3 is 5.97 Å². The van der Waals surface area contributed by atoms with Gasteiger partial charge in [-0.25, -0.2) is 4.79 Å². The maximum Gasteiger partial charge on any atom is 0.326 e. The molecule has 1 aliphatic heterocycles. The molecule has 0 aromatic heterocycles. The van der Waals surface area contributed by atoms with Crippen molar-refractivity contribution in [1.82, 2.24) is 0 Å². The van der Waals surface area contributed by atoms with Gasteiger partial charge in [-0.05, 0) is 41.8 Å². The number of halogens is 2. The van der Waals surface area contributed by atoms with Crippen molar-refractivity contribution in [3.05, 3.63) is 63.6 Å². The van der Waals surface area contributed by atoms with Crippen molar-refractivity contribution in [1.29, 1.82) is 0 Å². The summed E-state index contributed by atoms with van der Waals surface area (Å²) in [6.45, 7) is 0. The minimum atomic E-state index is -0.868. The van der Waals surface area contributed by atoms with Gasteiger partial charge in [-0.3, -0.25) is 0 Å². The number of fused-ring (bicyclic) bond motifs is 1. The zero-order valence-electron chi connectivity index (χ0n) is 11.0. The first kappa shape index (κ1) is 14.2. The molecule has 2 atom stereocenters. The highest BCUT2D eigenvalue weighted by atomic mass is 35.5. The van der Waals surface area contributed by atoms with E-state index in [4.69, 9.17) is 23.2 Å². The number of hydrogen-bond donors (Lipinski definition) is 2. The lowest BCUT2D eigenvalue weighted by Gasteiger charge is -2.32. The molecule has 2 aromatic rings. The summed E-state index contributed by atoms with van der Waals surface area (Å²) in [5, 5.41) is 13.6. The fourth-order valence-electron chi connectivity index (χ4n) is 2.78. The van der Waals surface area contributed by atoms with Crippen LogP contribution in [-0.4, -0.2) is 17.1 Å². The molecular weight excluding hydrogens is 309 g/mol. The summed E-state index contributed by atoms with van der Waals surface area (Å²) in [6, 6.07) is 12.3. The summed E-state index contributed by atoms with van der Waals surface area (Å²) >= 11 is 12.4. The molecule has 2 unspecified atom stereocenters. The molecule has 2 N–H and O–H groups in total. The highest BCUT2D eigenvalue weighted by molar-refractivity contribution is 6.31. The maximum atomic E-state index is 11.4. The van der Waals surface area contributed by atoms with Gasteiger partial charge in [-0.15, -0.1) is 0 Å². The zero-order chi connectivity index (χ0) is 15.0. The molecule has 5 heteroatoms. The van der Waals surface area contributed by atoms with E-state index in [-0.39, 0.29) is 5.92 Å². The largest absolute Gasteiger partial charge is 0.480 e. The Bertz CT molecular complexity index is 702. The highest BCUT2D eigenvalue weighted by Crippen LogP contribution is 2.42. The Labute approximate surface area is 132 Å². The van der Waals surface area contributed by atoms with Crippen LogP contribution in [-0.2, 0) is 4.79 Å². The minimum Gasteiger partial charge on any atom is -0.480 e. The average Bonchev–Trinajstić information content (AvgIpc) is 2.47. The third kappa shape index (κ3) is 2.71. The summed E-state index contributed by atoms with van der Waals surface area (Å²) in [7, 11) is 0. The molecule has 0 amide bonds. The van der Waals surface area contributed by atoms with Gasteiger partial charge in [-0.2, -0.15) is 0 Å². The number of carboxylic acids is 1. The molecule has 0 saturated heterocycles. The zero-order valence-corrected chi connectivity index (χ0v) is 12.5. The number of carbonyl (C=O) groups is 1. The van der Waals surface area contributed by atoms with Crippen LogP contribution in [0.15, 0.2) is 42.5 Å². The predicted molar refractivity (Wildman–Crippen MR) is 84.4 cm³/mol. The van der Waals surface area contributed by atoms with Crippen molar-refractivity contribution in [2.45, 2.75) is 18.4 Å². The number of anilines is 1. The van der Waals surface area contributed by atoms with Crippen molar-refractivity contribution in [2.75, 3.05) is 5.32 Å². The van der Waals surface area contributed by atoms with Crippen LogP contribution in [0.2, 0.25) is 10.0 Å². The summed E-state index contributed by atoms with van der Waals surface area (Å²) in [4.78, 5) is 11.4. The van der Waals surface area contributed by atoms with Crippen molar-refractivity contribution >= 4 is 34.9 Å². The Morgan fingerprint density at radius 2 is 1.90 bits per heavy atom. The molecule has 0 spiro atoms. The highest BCUT2D eigenvalue weighted by Gasteiger charge is 2.32. The number of carboxylic acid groups (broad SMARTS) is 1. The molecule has 1 heterocycles. The molecule has 1 aliphatic rings. The predicted octanol–water partition coefficient (Wildman–Crippen LogP) is 4.39. The molecule has 21 heavy (non-hydrogen) atoms. The topological polar surface area (TPSA) is 49.3 Å². The first-order valence-corrected chi connectivity index (χ1v) is 7.35. The van der Waals surface area contributed by atoms with Gasteiger partial charge in [0, 0.05) is 21.7 Å². The van der Waals surface area contributed by atoms with Crippen LogP contribution in [0.4, 0.5) is 5.69 Å². The van der Waals surface area contributed by atoms with Crippen LogP contribution in [0.1, 0.15) is 23.5 Å². The first-order chi connectivity index (χ1) is 10.1. The fraction of sp³-hybridized carbons (Fsp3) is 0.188. The standard InChI is InChI=1S/C16H13Cl2NO2/c17-9-5-6-14-12(7-9)11(8-15(19-14)16(20)21)10-3-1-2-4-13(10)18/h1-7,11,15,19H,8H2,(H,20,21). The van der Waals surface area contributed by atoms with Crippen LogP contribution in [0.25, 0.3) is 0 Å². The van der Waals surface area contributed by atoms with Crippen LogP contribution in [0, 0.1) is 0 Å². The molecule has 0 aliphatic carbocycles. The molecule has 0 bridgehead atoms. The third-order valence-electron chi connectivity index (χ3n) is 3.77. The Kier molecular flexibility index (Phi) is 3.79. The van der Waals surface area contributed by atoms with E-state index in [0.717, 1.165) is 16.8 Å². The Balaban J connectivity index is 2.13. The van der Waals surface area contributed by atoms with Gasteiger partial charge in [0.15, 0.2) is 0 Å². The Hall–Kier alpha value is -1.71. The fourth-order valence-corrected chi connectivity index (χ4v) is 3.23. The average molecular weight is 322 g/mol. The van der Waals surface area contributed by atoms with E-state index < -0.39 is 12.0 Å². The molecular formula is C16H13Cl2NO2. The lowest BCUT2D eigenvalue weighted by molar-refractivity contribution is -0.138. The third-order valence-corrected chi connectivity index (χ3v) is 4.35. The number of nitrogens with one attached hydrogen (secondary N) is 1. The van der Waals surface area contributed by atoms with Gasteiger partial charge in [-0.1, -0.05) is 41.4 Å². The molecule has 0 radical (unpaired) electrons. The smallest absolute Gasteiger partial charge is 0.326 e. The van der Waals surface area contributed by atoms with E-state index >= 15 is 0 Å². The second kappa shape index (κ2) is 5.58. The van der Waals surface area contributed by atoms with Crippen molar-refractivity contribution in [3.63, 3.8) is 0 Å². The molecule has 3 rings (SSSR count). The Morgan fingerprint density at radius 1 is 1.14 bits per heavy atom. The lowest BCUT2D eigenvalue weighted by Crippen LogP contribution is -2.35. The second-order valence-electron chi connectivity index (χ2n) is 5.08. The van der Waals surface area contributed by atoms with Crippen LogP contribution < -0.4 is 5.32 Å². The van der Waals surface area contributed by atoms with E-state index in [1.165, 1.54) is 0 Å². The number of aliphatic carboxylic acids is 1. The maximum absolute atomic E-state index is 11.4. The SMILES string of the molecule is O=C(O)C1CC(c2ccccc2Cl)c2cc(Cl)ccc2N1. The normalized spacial score (nSPS) is 20.5. The van der Waals surface area contributed by atoms with Gasteiger partial charge < -0.3 is 10.4 Å². The van der Waals surface area contributed by atoms with Gasteiger partial charge in [0.25, 0.3) is 0 Å². The van der Waals surface area contributed by atoms with Gasteiger partial charge in [0.05, 0.1) is 0 Å². The molecule has 3 nitrogen and oxygen atoms in total. The summed E-state index contributed by atoms with van der Waals surface area (Å²) < 4.78 is 0. The summed E-state index contributed by atoms with van der Waals surface area (Å²) in [5.41, 5.74) is 2.70. The van der Waals surface area contributed by atoms with E-state index in [1.54, 1.807) is 6.07 Å². The number of hydrogen-bond acceptors (Lipinski definition) is 2.